The lowest BCUT2D eigenvalue weighted by Crippen LogP contribution is -2.59. The van der Waals surface area contributed by atoms with Crippen molar-refractivity contribution in [1.29, 1.82) is 0 Å². The van der Waals surface area contributed by atoms with Gasteiger partial charge in [0, 0.05) is 24.8 Å². The fourth-order valence-corrected chi connectivity index (χ4v) is 4.32. The van der Waals surface area contributed by atoms with Gasteiger partial charge in [-0.15, -0.1) is 0 Å². The highest BCUT2D eigenvalue weighted by molar-refractivity contribution is 5.46. The first-order valence-electron chi connectivity index (χ1n) is 7.26. The summed E-state index contributed by atoms with van der Waals surface area (Å²) in [4.78, 5) is 9.57. The van der Waals surface area contributed by atoms with Crippen LogP contribution in [-0.4, -0.2) is 41.6 Å². The molecule has 96 valence electrons. The molecule has 4 saturated heterocycles. The Morgan fingerprint density at radius 1 is 1.22 bits per heavy atom. The van der Waals surface area contributed by atoms with Crippen LogP contribution < -0.4 is 4.90 Å². The standard InChI is InChI=1S/C15H21N3/c1-2-14(11-16-6-1)17-9-5-15(12-17)10-13-3-7-18(15)8-4-13/h1-2,6,11,13H,3-5,7-10,12H2/t15-/m1/s1. The Labute approximate surface area is 109 Å². The van der Waals surface area contributed by atoms with E-state index in [1.165, 1.54) is 57.5 Å². The molecular formula is C15H21N3. The summed E-state index contributed by atoms with van der Waals surface area (Å²) < 4.78 is 0. The summed E-state index contributed by atoms with van der Waals surface area (Å²) in [7, 11) is 0. The molecule has 0 saturated carbocycles. The van der Waals surface area contributed by atoms with Crippen molar-refractivity contribution in [2.24, 2.45) is 5.92 Å². The molecule has 3 heteroatoms. The lowest BCUT2D eigenvalue weighted by Gasteiger charge is -2.52. The van der Waals surface area contributed by atoms with Gasteiger partial charge in [0.15, 0.2) is 0 Å². The molecule has 4 fully saturated rings. The summed E-state index contributed by atoms with van der Waals surface area (Å²) in [6.07, 6.45) is 9.53. The number of anilines is 1. The zero-order valence-corrected chi connectivity index (χ0v) is 10.9. The van der Waals surface area contributed by atoms with Crippen molar-refractivity contribution < 1.29 is 0 Å². The van der Waals surface area contributed by atoms with Crippen molar-refractivity contribution in [3.8, 4) is 0 Å². The zero-order chi connectivity index (χ0) is 12.0. The number of nitrogens with zero attached hydrogens (tertiary/aromatic N) is 3. The van der Waals surface area contributed by atoms with Crippen LogP contribution in [0.5, 0.6) is 0 Å². The first-order chi connectivity index (χ1) is 8.86. The van der Waals surface area contributed by atoms with Crippen LogP contribution in [0.4, 0.5) is 5.69 Å². The van der Waals surface area contributed by atoms with Gasteiger partial charge >= 0.3 is 0 Å². The van der Waals surface area contributed by atoms with Crippen LogP contribution in [0.2, 0.25) is 0 Å². The fraction of sp³-hybridized carbons (Fsp3) is 0.667. The van der Waals surface area contributed by atoms with E-state index in [2.05, 4.69) is 20.9 Å². The van der Waals surface area contributed by atoms with E-state index in [1.54, 1.807) is 0 Å². The molecule has 4 aliphatic heterocycles. The molecule has 1 spiro atoms. The van der Waals surface area contributed by atoms with Gasteiger partial charge in [-0.2, -0.15) is 0 Å². The van der Waals surface area contributed by atoms with Gasteiger partial charge in [-0.1, -0.05) is 0 Å². The molecule has 0 aromatic carbocycles. The van der Waals surface area contributed by atoms with E-state index in [0.29, 0.717) is 5.54 Å². The van der Waals surface area contributed by atoms with Crippen molar-refractivity contribution in [2.75, 3.05) is 31.1 Å². The maximum absolute atomic E-state index is 4.26. The van der Waals surface area contributed by atoms with Gasteiger partial charge in [-0.3, -0.25) is 9.88 Å². The third kappa shape index (κ3) is 1.57. The summed E-state index contributed by atoms with van der Waals surface area (Å²) >= 11 is 0. The molecule has 1 atom stereocenters. The molecule has 5 heterocycles. The number of rotatable bonds is 1. The molecule has 0 N–H and O–H groups in total. The predicted molar refractivity (Wildman–Crippen MR) is 72.7 cm³/mol. The monoisotopic (exact) mass is 243 g/mol. The van der Waals surface area contributed by atoms with Crippen molar-refractivity contribution in [3.05, 3.63) is 24.5 Å². The topological polar surface area (TPSA) is 19.4 Å². The summed E-state index contributed by atoms with van der Waals surface area (Å²) in [6, 6.07) is 4.25. The minimum absolute atomic E-state index is 0.497. The minimum Gasteiger partial charge on any atom is -0.368 e. The maximum atomic E-state index is 4.26. The molecule has 18 heavy (non-hydrogen) atoms. The first kappa shape index (κ1) is 10.8. The summed E-state index contributed by atoms with van der Waals surface area (Å²) in [5.74, 6) is 1.00. The van der Waals surface area contributed by atoms with Crippen LogP contribution in [0.25, 0.3) is 0 Å². The molecule has 5 rings (SSSR count). The molecule has 0 unspecified atom stereocenters. The minimum atomic E-state index is 0.497. The summed E-state index contributed by atoms with van der Waals surface area (Å²) in [5.41, 5.74) is 1.80. The van der Waals surface area contributed by atoms with E-state index < -0.39 is 0 Å². The lowest BCUT2D eigenvalue weighted by atomic mass is 9.74. The number of hydrogen-bond donors (Lipinski definition) is 0. The second-order valence-corrected chi connectivity index (χ2v) is 6.24. The summed E-state index contributed by atoms with van der Waals surface area (Å²) in [5, 5.41) is 0. The predicted octanol–water partition coefficient (Wildman–Crippen LogP) is 2.15. The quantitative estimate of drug-likeness (QED) is 0.753. The largest absolute Gasteiger partial charge is 0.368 e. The van der Waals surface area contributed by atoms with E-state index in [1.807, 2.05) is 18.5 Å². The van der Waals surface area contributed by atoms with Crippen molar-refractivity contribution in [3.63, 3.8) is 0 Å². The smallest absolute Gasteiger partial charge is 0.0553 e. The van der Waals surface area contributed by atoms with E-state index in [0.717, 1.165) is 5.92 Å². The molecule has 0 aliphatic carbocycles. The Morgan fingerprint density at radius 2 is 2.11 bits per heavy atom. The highest BCUT2D eigenvalue weighted by Crippen LogP contribution is 2.44. The molecule has 0 amide bonds. The SMILES string of the molecule is c1cncc(N2CC[C@@]3(CC4CCN3CC4)C2)c1. The van der Waals surface area contributed by atoms with Crippen LogP contribution in [0.15, 0.2) is 24.5 Å². The van der Waals surface area contributed by atoms with Crippen molar-refractivity contribution >= 4 is 5.69 Å². The van der Waals surface area contributed by atoms with Crippen molar-refractivity contribution in [2.45, 2.75) is 31.2 Å². The molecule has 0 radical (unpaired) electrons. The number of hydrogen-bond acceptors (Lipinski definition) is 3. The molecular weight excluding hydrogens is 222 g/mol. The molecule has 3 nitrogen and oxygen atoms in total. The van der Waals surface area contributed by atoms with E-state index in [4.69, 9.17) is 0 Å². The number of aromatic nitrogens is 1. The van der Waals surface area contributed by atoms with Gasteiger partial charge < -0.3 is 4.90 Å². The van der Waals surface area contributed by atoms with Gasteiger partial charge in [0.1, 0.15) is 0 Å². The number of piperidine rings is 3. The zero-order valence-electron chi connectivity index (χ0n) is 10.9. The Bertz CT molecular complexity index is 425. The van der Waals surface area contributed by atoms with Crippen LogP contribution >= 0.6 is 0 Å². The second kappa shape index (κ2) is 3.95. The number of fused-ring (bicyclic) bond motifs is 2. The Kier molecular flexibility index (Phi) is 2.37. The molecule has 1 aromatic heterocycles. The van der Waals surface area contributed by atoms with Crippen LogP contribution in [0.1, 0.15) is 25.7 Å². The Balaban J connectivity index is 1.57. The molecule has 2 bridgehead atoms. The number of pyridine rings is 1. The van der Waals surface area contributed by atoms with Gasteiger partial charge in [0.2, 0.25) is 0 Å². The third-order valence-corrected chi connectivity index (χ3v) is 5.30. The summed E-state index contributed by atoms with van der Waals surface area (Å²) in [6.45, 7) is 5.10. The van der Waals surface area contributed by atoms with E-state index >= 15 is 0 Å². The van der Waals surface area contributed by atoms with Crippen LogP contribution in [0.3, 0.4) is 0 Å². The van der Waals surface area contributed by atoms with E-state index in [-0.39, 0.29) is 0 Å². The van der Waals surface area contributed by atoms with Crippen molar-refractivity contribution in [1.82, 2.24) is 9.88 Å². The average Bonchev–Trinajstić information content (AvgIpc) is 2.85. The Morgan fingerprint density at radius 3 is 2.78 bits per heavy atom. The molecule has 4 aliphatic rings. The van der Waals surface area contributed by atoms with Crippen LogP contribution in [-0.2, 0) is 0 Å². The average molecular weight is 243 g/mol. The van der Waals surface area contributed by atoms with Gasteiger partial charge in [-0.25, -0.2) is 0 Å². The lowest BCUT2D eigenvalue weighted by molar-refractivity contribution is -0.0157. The highest BCUT2D eigenvalue weighted by Gasteiger charge is 2.49. The van der Waals surface area contributed by atoms with E-state index in [9.17, 15) is 0 Å². The Hall–Kier alpha value is -1.09. The maximum Gasteiger partial charge on any atom is 0.0553 e. The molecule has 1 aromatic rings. The van der Waals surface area contributed by atoms with Gasteiger partial charge in [0.05, 0.1) is 11.9 Å². The normalized spacial score (nSPS) is 38.6. The second-order valence-electron chi connectivity index (χ2n) is 6.24. The third-order valence-electron chi connectivity index (χ3n) is 5.30. The highest BCUT2D eigenvalue weighted by atomic mass is 15.3. The van der Waals surface area contributed by atoms with Gasteiger partial charge in [-0.05, 0) is 56.8 Å². The van der Waals surface area contributed by atoms with Gasteiger partial charge in [0.25, 0.3) is 0 Å². The van der Waals surface area contributed by atoms with Crippen LogP contribution in [0, 0.1) is 5.92 Å². The fourth-order valence-electron chi connectivity index (χ4n) is 4.32. The first-order valence-corrected chi connectivity index (χ1v) is 7.26.